The molecule has 1 aliphatic carbocycles. The fourth-order valence-corrected chi connectivity index (χ4v) is 2.98. The second-order valence-electron chi connectivity index (χ2n) is 5.25. The lowest BCUT2D eigenvalue weighted by Gasteiger charge is -2.30. The van der Waals surface area contributed by atoms with Gasteiger partial charge in [-0.05, 0) is 36.8 Å². The number of hydrogen-bond donors (Lipinski definition) is 1. The smallest absolute Gasteiger partial charge is 0.0616 e. The van der Waals surface area contributed by atoms with Crippen LogP contribution in [0.1, 0.15) is 49.8 Å². The van der Waals surface area contributed by atoms with Crippen LogP contribution in [0.25, 0.3) is 0 Å². The summed E-state index contributed by atoms with van der Waals surface area (Å²) in [5.41, 5.74) is 3.02. The first-order valence-corrected chi connectivity index (χ1v) is 7.18. The number of hydrogen-bond acceptors (Lipinski definition) is 2. The van der Waals surface area contributed by atoms with Crippen molar-refractivity contribution in [1.29, 1.82) is 0 Å². The molecule has 1 aliphatic rings. The van der Waals surface area contributed by atoms with Crippen LogP contribution < -0.4 is 5.32 Å². The van der Waals surface area contributed by atoms with Crippen LogP contribution >= 0.6 is 0 Å². The fraction of sp³-hybridized carbons (Fsp3) is 0.625. The molecule has 0 fully saturated rings. The van der Waals surface area contributed by atoms with E-state index in [1.165, 1.54) is 43.2 Å². The number of benzene rings is 1. The summed E-state index contributed by atoms with van der Waals surface area (Å²) in [7, 11) is 1.79. The van der Waals surface area contributed by atoms with Crippen molar-refractivity contribution in [2.75, 3.05) is 13.7 Å². The Morgan fingerprint density at radius 2 is 2.22 bits per heavy atom. The van der Waals surface area contributed by atoms with Crippen molar-refractivity contribution in [2.24, 2.45) is 0 Å². The highest BCUT2D eigenvalue weighted by Gasteiger charge is 2.21. The lowest BCUT2D eigenvalue weighted by molar-refractivity contribution is 0.154. The average Bonchev–Trinajstić information content (AvgIpc) is 2.40. The van der Waals surface area contributed by atoms with Gasteiger partial charge in [0.2, 0.25) is 0 Å². The number of rotatable bonds is 6. The van der Waals surface area contributed by atoms with Gasteiger partial charge in [-0.15, -0.1) is 0 Å². The lowest BCUT2D eigenvalue weighted by atomic mass is 9.87. The predicted octanol–water partition coefficient (Wildman–Crippen LogP) is 3.47. The van der Waals surface area contributed by atoms with E-state index >= 15 is 0 Å². The molecule has 18 heavy (non-hydrogen) atoms. The molecule has 0 bridgehead atoms. The van der Waals surface area contributed by atoms with E-state index in [1.807, 2.05) is 0 Å². The Balaban J connectivity index is 2.05. The first kappa shape index (κ1) is 13.6. The first-order valence-electron chi connectivity index (χ1n) is 7.18. The zero-order valence-electron chi connectivity index (χ0n) is 11.6. The molecular formula is C16H25NO. The van der Waals surface area contributed by atoms with E-state index in [4.69, 9.17) is 4.74 Å². The SMILES string of the molecule is CCCC(COC)NC1CCCc2ccccc21. The summed E-state index contributed by atoms with van der Waals surface area (Å²) >= 11 is 0. The third-order valence-electron chi connectivity index (χ3n) is 3.81. The number of nitrogens with one attached hydrogen (secondary N) is 1. The second-order valence-corrected chi connectivity index (χ2v) is 5.25. The summed E-state index contributed by atoms with van der Waals surface area (Å²) < 4.78 is 5.32. The lowest BCUT2D eigenvalue weighted by Crippen LogP contribution is -2.37. The van der Waals surface area contributed by atoms with Gasteiger partial charge < -0.3 is 10.1 Å². The number of fused-ring (bicyclic) bond motifs is 1. The van der Waals surface area contributed by atoms with Crippen LogP contribution in [0.5, 0.6) is 0 Å². The summed E-state index contributed by atoms with van der Waals surface area (Å²) in [6, 6.07) is 9.86. The van der Waals surface area contributed by atoms with Crippen molar-refractivity contribution >= 4 is 0 Å². The topological polar surface area (TPSA) is 21.3 Å². The van der Waals surface area contributed by atoms with Gasteiger partial charge in [0, 0.05) is 19.2 Å². The number of methoxy groups -OCH3 is 1. The van der Waals surface area contributed by atoms with Crippen LogP contribution in [0.15, 0.2) is 24.3 Å². The van der Waals surface area contributed by atoms with Gasteiger partial charge in [0.15, 0.2) is 0 Å². The third-order valence-corrected chi connectivity index (χ3v) is 3.81. The van der Waals surface area contributed by atoms with E-state index < -0.39 is 0 Å². The van der Waals surface area contributed by atoms with Gasteiger partial charge in [0.25, 0.3) is 0 Å². The molecule has 1 aromatic carbocycles. The van der Waals surface area contributed by atoms with E-state index in [9.17, 15) is 0 Å². The molecular weight excluding hydrogens is 222 g/mol. The molecule has 0 aromatic heterocycles. The van der Waals surface area contributed by atoms with Crippen LogP contribution in [0, 0.1) is 0 Å². The van der Waals surface area contributed by atoms with E-state index in [1.54, 1.807) is 7.11 Å². The second kappa shape index (κ2) is 6.91. The number of aryl methyl sites for hydroxylation is 1. The molecule has 2 unspecified atom stereocenters. The largest absolute Gasteiger partial charge is 0.383 e. The maximum Gasteiger partial charge on any atom is 0.0616 e. The van der Waals surface area contributed by atoms with Crippen molar-refractivity contribution in [3.63, 3.8) is 0 Å². The highest BCUT2D eigenvalue weighted by molar-refractivity contribution is 5.32. The molecule has 1 N–H and O–H groups in total. The van der Waals surface area contributed by atoms with Crippen molar-refractivity contribution in [2.45, 2.75) is 51.1 Å². The van der Waals surface area contributed by atoms with Crippen molar-refractivity contribution in [3.05, 3.63) is 35.4 Å². The molecule has 0 radical (unpaired) electrons. The quantitative estimate of drug-likeness (QED) is 0.831. The minimum atomic E-state index is 0.483. The van der Waals surface area contributed by atoms with Crippen LogP contribution in [0.2, 0.25) is 0 Å². The molecule has 0 spiro atoms. The van der Waals surface area contributed by atoms with Gasteiger partial charge in [-0.25, -0.2) is 0 Å². The highest BCUT2D eigenvalue weighted by atomic mass is 16.5. The predicted molar refractivity (Wildman–Crippen MR) is 75.8 cm³/mol. The fourth-order valence-electron chi connectivity index (χ4n) is 2.98. The minimum Gasteiger partial charge on any atom is -0.383 e. The normalized spacial score (nSPS) is 20.4. The molecule has 2 rings (SSSR count). The van der Waals surface area contributed by atoms with Crippen LogP contribution in [0.4, 0.5) is 0 Å². The van der Waals surface area contributed by atoms with Crippen molar-refractivity contribution in [3.8, 4) is 0 Å². The van der Waals surface area contributed by atoms with Crippen LogP contribution in [-0.2, 0) is 11.2 Å². The number of ether oxygens (including phenoxy) is 1. The van der Waals surface area contributed by atoms with Crippen LogP contribution in [0.3, 0.4) is 0 Å². The molecule has 2 atom stereocenters. The zero-order valence-corrected chi connectivity index (χ0v) is 11.6. The highest BCUT2D eigenvalue weighted by Crippen LogP contribution is 2.30. The summed E-state index contributed by atoms with van der Waals surface area (Å²) in [4.78, 5) is 0. The van der Waals surface area contributed by atoms with Crippen molar-refractivity contribution < 1.29 is 4.74 Å². The first-order chi connectivity index (χ1) is 8.85. The van der Waals surface area contributed by atoms with Gasteiger partial charge in [-0.2, -0.15) is 0 Å². The molecule has 0 aliphatic heterocycles. The van der Waals surface area contributed by atoms with E-state index in [0.29, 0.717) is 12.1 Å². The molecule has 0 amide bonds. The average molecular weight is 247 g/mol. The molecule has 1 aromatic rings. The summed E-state index contributed by atoms with van der Waals surface area (Å²) in [6.07, 6.45) is 6.17. The summed E-state index contributed by atoms with van der Waals surface area (Å²) in [5.74, 6) is 0. The Kier molecular flexibility index (Phi) is 5.21. The standard InChI is InChI=1S/C16H25NO/c1-3-7-14(12-18-2)17-16-11-6-9-13-8-4-5-10-15(13)16/h4-5,8,10,14,16-17H,3,6-7,9,11-12H2,1-2H3. The summed E-state index contributed by atoms with van der Waals surface area (Å²) in [6.45, 7) is 3.05. The maximum atomic E-state index is 5.32. The Bertz CT molecular complexity index is 358. The molecule has 2 nitrogen and oxygen atoms in total. The van der Waals surface area contributed by atoms with Gasteiger partial charge >= 0.3 is 0 Å². The Hall–Kier alpha value is -0.860. The van der Waals surface area contributed by atoms with E-state index in [0.717, 1.165) is 6.61 Å². The summed E-state index contributed by atoms with van der Waals surface area (Å²) in [5, 5.41) is 3.79. The minimum absolute atomic E-state index is 0.483. The van der Waals surface area contributed by atoms with E-state index in [2.05, 4.69) is 36.5 Å². The maximum absolute atomic E-state index is 5.32. The van der Waals surface area contributed by atoms with Gasteiger partial charge in [0.05, 0.1) is 6.61 Å². The van der Waals surface area contributed by atoms with Gasteiger partial charge in [-0.3, -0.25) is 0 Å². The molecule has 0 heterocycles. The molecule has 0 saturated carbocycles. The monoisotopic (exact) mass is 247 g/mol. The Labute approximate surface area is 111 Å². The zero-order chi connectivity index (χ0) is 12.8. The Morgan fingerprint density at radius 3 is 3.00 bits per heavy atom. The van der Waals surface area contributed by atoms with E-state index in [-0.39, 0.29) is 0 Å². The molecule has 0 saturated heterocycles. The van der Waals surface area contributed by atoms with Gasteiger partial charge in [0.1, 0.15) is 0 Å². The van der Waals surface area contributed by atoms with Crippen molar-refractivity contribution in [1.82, 2.24) is 5.32 Å². The molecule has 2 heteroatoms. The Morgan fingerprint density at radius 1 is 1.39 bits per heavy atom. The third kappa shape index (κ3) is 3.33. The van der Waals surface area contributed by atoms with Gasteiger partial charge in [-0.1, -0.05) is 37.6 Å². The van der Waals surface area contributed by atoms with Crippen LogP contribution in [-0.4, -0.2) is 19.8 Å². The molecule has 100 valence electrons.